The lowest BCUT2D eigenvalue weighted by molar-refractivity contribution is -0.118. The zero-order chi connectivity index (χ0) is 12.3. The minimum atomic E-state index is 0.177. The first-order valence-corrected chi connectivity index (χ1v) is 6.21. The number of nitrogens with two attached hydrogens (primary N) is 1. The van der Waals surface area contributed by atoms with Gasteiger partial charge in [-0.25, -0.2) is 4.98 Å². The number of carbonyl (C=O) groups is 1. The van der Waals surface area contributed by atoms with Crippen molar-refractivity contribution in [2.45, 2.75) is 19.3 Å². The van der Waals surface area contributed by atoms with Crippen LogP contribution in [-0.4, -0.2) is 20.5 Å². The molecule has 0 aliphatic heterocycles. The summed E-state index contributed by atoms with van der Waals surface area (Å²) in [7, 11) is 1.88. The van der Waals surface area contributed by atoms with Crippen LogP contribution in [0.4, 0.5) is 5.13 Å². The van der Waals surface area contributed by atoms with Crippen molar-refractivity contribution in [3.05, 3.63) is 29.0 Å². The maximum atomic E-state index is 11.7. The average molecular weight is 250 g/mol. The monoisotopic (exact) mass is 250 g/mol. The lowest BCUT2D eigenvalue weighted by Gasteiger charge is -2.00. The fourth-order valence-corrected chi connectivity index (χ4v) is 2.17. The Morgan fingerprint density at radius 2 is 2.41 bits per heavy atom. The van der Waals surface area contributed by atoms with Crippen molar-refractivity contribution in [2.75, 3.05) is 5.73 Å². The Morgan fingerprint density at radius 3 is 3.00 bits per heavy atom. The fraction of sp³-hybridized carbons (Fsp3) is 0.364. The first kappa shape index (κ1) is 11.8. The Balaban J connectivity index is 1.84. The van der Waals surface area contributed by atoms with Gasteiger partial charge in [0.2, 0.25) is 0 Å². The molecule has 0 saturated carbocycles. The lowest BCUT2D eigenvalue weighted by Crippen LogP contribution is -2.07. The van der Waals surface area contributed by atoms with Gasteiger partial charge in [-0.15, -0.1) is 11.3 Å². The van der Waals surface area contributed by atoms with Crippen molar-refractivity contribution in [3.8, 4) is 0 Å². The van der Waals surface area contributed by atoms with Gasteiger partial charge in [-0.3, -0.25) is 9.48 Å². The second-order valence-corrected chi connectivity index (χ2v) is 4.73. The predicted octanol–water partition coefficient (Wildman–Crippen LogP) is 1.20. The molecule has 5 nitrogen and oxygen atoms in total. The summed E-state index contributed by atoms with van der Waals surface area (Å²) in [6, 6.07) is 1.92. The van der Waals surface area contributed by atoms with E-state index >= 15 is 0 Å². The van der Waals surface area contributed by atoms with Crippen LogP contribution in [0.5, 0.6) is 0 Å². The molecular weight excluding hydrogens is 236 g/mol. The highest BCUT2D eigenvalue weighted by atomic mass is 32.1. The lowest BCUT2D eigenvalue weighted by atomic mass is 10.1. The number of thiazole rings is 1. The van der Waals surface area contributed by atoms with E-state index in [0.29, 0.717) is 18.0 Å². The molecule has 17 heavy (non-hydrogen) atoms. The van der Waals surface area contributed by atoms with E-state index in [2.05, 4.69) is 10.1 Å². The summed E-state index contributed by atoms with van der Waals surface area (Å²) in [5, 5.41) is 6.40. The van der Waals surface area contributed by atoms with Crippen LogP contribution in [0.2, 0.25) is 0 Å². The number of aryl methyl sites for hydroxylation is 2. The van der Waals surface area contributed by atoms with Crippen LogP contribution in [0.1, 0.15) is 17.8 Å². The number of carbonyl (C=O) groups excluding carboxylic acids is 1. The summed E-state index contributed by atoms with van der Waals surface area (Å²) in [5.74, 6) is 0.177. The third-order valence-electron chi connectivity index (χ3n) is 2.53. The van der Waals surface area contributed by atoms with Gasteiger partial charge in [-0.05, 0) is 12.5 Å². The van der Waals surface area contributed by atoms with Crippen LogP contribution in [0.15, 0.2) is 17.6 Å². The van der Waals surface area contributed by atoms with E-state index in [9.17, 15) is 4.79 Å². The highest BCUT2D eigenvalue weighted by molar-refractivity contribution is 7.13. The fourth-order valence-electron chi connectivity index (χ4n) is 1.61. The molecule has 0 aliphatic carbocycles. The first-order chi connectivity index (χ1) is 8.15. The molecule has 0 atom stereocenters. The topological polar surface area (TPSA) is 73.8 Å². The molecular formula is C11H14N4OS. The number of Topliss-reactive ketones (excluding diaryl/α,β-unsaturated/α-hetero) is 1. The van der Waals surface area contributed by atoms with Gasteiger partial charge in [-0.1, -0.05) is 0 Å². The molecule has 0 aliphatic rings. The van der Waals surface area contributed by atoms with Crippen LogP contribution in [-0.2, 0) is 24.7 Å². The minimum Gasteiger partial charge on any atom is -0.375 e. The van der Waals surface area contributed by atoms with E-state index in [1.807, 2.05) is 18.5 Å². The van der Waals surface area contributed by atoms with Crippen LogP contribution < -0.4 is 5.73 Å². The van der Waals surface area contributed by atoms with E-state index < -0.39 is 0 Å². The molecule has 2 aromatic heterocycles. The number of nitrogen functional groups attached to an aromatic ring is 1. The number of anilines is 1. The molecule has 0 radical (unpaired) electrons. The van der Waals surface area contributed by atoms with E-state index in [1.165, 1.54) is 11.3 Å². The number of ketones is 1. The Bertz CT molecular complexity index is 517. The van der Waals surface area contributed by atoms with Gasteiger partial charge in [0.25, 0.3) is 0 Å². The maximum Gasteiger partial charge on any atom is 0.180 e. The Morgan fingerprint density at radius 1 is 1.59 bits per heavy atom. The molecule has 0 aromatic carbocycles. The van der Waals surface area contributed by atoms with Crippen molar-refractivity contribution in [2.24, 2.45) is 7.05 Å². The predicted molar refractivity (Wildman–Crippen MR) is 66.8 cm³/mol. The molecule has 2 heterocycles. The van der Waals surface area contributed by atoms with Crippen molar-refractivity contribution < 1.29 is 4.79 Å². The van der Waals surface area contributed by atoms with Gasteiger partial charge in [0.1, 0.15) is 5.78 Å². The summed E-state index contributed by atoms with van der Waals surface area (Å²) in [6.07, 6.45) is 3.33. The summed E-state index contributed by atoms with van der Waals surface area (Å²) in [6.45, 7) is 0. The van der Waals surface area contributed by atoms with Gasteiger partial charge >= 0.3 is 0 Å². The highest BCUT2D eigenvalue weighted by Gasteiger charge is 2.08. The second kappa shape index (κ2) is 5.09. The first-order valence-electron chi connectivity index (χ1n) is 5.33. The number of rotatable bonds is 5. The molecule has 2 aromatic rings. The number of hydrogen-bond acceptors (Lipinski definition) is 5. The third kappa shape index (κ3) is 3.13. The molecule has 90 valence electrons. The van der Waals surface area contributed by atoms with Gasteiger partial charge in [0, 0.05) is 37.2 Å². The summed E-state index contributed by atoms with van der Waals surface area (Å²) in [4.78, 5) is 15.8. The van der Waals surface area contributed by atoms with E-state index in [0.717, 1.165) is 17.8 Å². The maximum absolute atomic E-state index is 11.7. The third-order valence-corrected chi connectivity index (χ3v) is 3.25. The van der Waals surface area contributed by atoms with Crippen LogP contribution in [0.3, 0.4) is 0 Å². The molecule has 0 unspecified atom stereocenters. The Labute approximate surface area is 103 Å². The smallest absolute Gasteiger partial charge is 0.180 e. The number of nitrogens with zero attached hydrogens (tertiary/aromatic N) is 3. The zero-order valence-corrected chi connectivity index (χ0v) is 10.4. The zero-order valence-electron chi connectivity index (χ0n) is 9.59. The quantitative estimate of drug-likeness (QED) is 0.865. The summed E-state index contributed by atoms with van der Waals surface area (Å²) in [5.41, 5.74) is 7.34. The van der Waals surface area contributed by atoms with E-state index in [4.69, 9.17) is 5.73 Å². The Hall–Kier alpha value is -1.69. The molecule has 0 amide bonds. The standard InChI is InChI=1S/C11H14N4OS/c1-15-9(4-5-13-15)2-3-10(16)6-8-7-17-11(12)14-8/h4-5,7H,2-3,6H2,1H3,(H2,12,14). The van der Waals surface area contributed by atoms with Crippen molar-refractivity contribution in [3.63, 3.8) is 0 Å². The average Bonchev–Trinajstić information content (AvgIpc) is 2.85. The van der Waals surface area contributed by atoms with Crippen molar-refractivity contribution in [1.82, 2.24) is 14.8 Å². The van der Waals surface area contributed by atoms with Gasteiger partial charge < -0.3 is 5.73 Å². The van der Waals surface area contributed by atoms with Crippen LogP contribution in [0, 0.1) is 0 Å². The molecule has 0 fully saturated rings. The van der Waals surface area contributed by atoms with Gasteiger partial charge in [0.15, 0.2) is 5.13 Å². The van der Waals surface area contributed by atoms with Crippen molar-refractivity contribution >= 4 is 22.3 Å². The minimum absolute atomic E-state index is 0.177. The van der Waals surface area contributed by atoms with Gasteiger partial charge in [-0.2, -0.15) is 5.10 Å². The molecule has 0 saturated heterocycles. The number of aromatic nitrogens is 3. The highest BCUT2D eigenvalue weighted by Crippen LogP contribution is 2.12. The van der Waals surface area contributed by atoms with Crippen molar-refractivity contribution in [1.29, 1.82) is 0 Å². The summed E-state index contributed by atoms with van der Waals surface area (Å²) < 4.78 is 1.79. The normalized spacial score (nSPS) is 10.6. The van der Waals surface area contributed by atoms with Gasteiger partial charge in [0.05, 0.1) is 5.69 Å². The van der Waals surface area contributed by atoms with E-state index in [1.54, 1.807) is 10.9 Å². The molecule has 0 spiro atoms. The van der Waals surface area contributed by atoms with E-state index in [-0.39, 0.29) is 5.78 Å². The van der Waals surface area contributed by atoms with Crippen LogP contribution >= 0.6 is 11.3 Å². The number of hydrogen-bond donors (Lipinski definition) is 1. The largest absolute Gasteiger partial charge is 0.375 e. The van der Waals surface area contributed by atoms with Crippen LogP contribution in [0.25, 0.3) is 0 Å². The molecule has 6 heteroatoms. The second-order valence-electron chi connectivity index (χ2n) is 3.84. The summed E-state index contributed by atoms with van der Waals surface area (Å²) >= 11 is 1.37. The molecule has 0 bridgehead atoms. The Kier molecular flexibility index (Phi) is 3.53. The molecule has 2 rings (SSSR count). The molecule has 2 N–H and O–H groups in total. The SMILES string of the molecule is Cn1nccc1CCC(=O)Cc1csc(N)n1.